The molecule has 0 spiro atoms. The van der Waals surface area contributed by atoms with Gasteiger partial charge in [0.1, 0.15) is 0 Å². The van der Waals surface area contributed by atoms with E-state index in [0.29, 0.717) is 19.8 Å². The summed E-state index contributed by atoms with van der Waals surface area (Å²) in [7, 11) is 1.67. The van der Waals surface area contributed by atoms with E-state index in [9.17, 15) is 0 Å². The van der Waals surface area contributed by atoms with Gasteiger partial charge in [0.15, 0.2) is 4.77 Å². The zero-order valence-corrected chi connectivity index (χ0v) is 13.2. The van der Waals surface area contributed by atoms with Crippen LogP contribution in [0.25, 0.3) is 11.0 Å². The van der Waals surface area contributed by atoms with Gasteiger partial charge in [-0.25, -0.2) is 0 Å². The van der Waals surface area contributed by atoms with Gasteiger partial charge in [-0.15, -0.1) is 0 Å². The number of aromatic amines is 1. The number of imidazole rings is 1. The molecule has 1 heterocycles. The number of nitrogens with zero attached hydrogens (tertiary/aromatic N) is 1. The second-order valence-corrected chi connectivity index (χ2v) is 5.50. The third kappa shape index (κ3) is 3.89. The van der Waals surface area contributed by atoms with E-state index in [2.05, 4.69) is 31.5 Å². The predicted molar refractivity (Wildman–Crippen MR) is 82.1 cm³/mol. The Bertz CT molecular complexity index is 594. The maximum atomic E-state index is 5.45. The molecule has 0 bridgehead atoms. The first kappa shape index (κ1) is 14.7. The second kappa shape index (κ2) is 7.19. The fourth-order valence-electron chi connectivity index (χ4n) is 1.93. The summed E-state index contributed by atoms with van der Waals surface area (Å²) in [5.41, 5.74) is 2.18. The summed E-state index contributed by atoms with van der Waals surface area (Å²) < 4.78 is 14.3. The van der Waals surface area contributed by atoms with Crippen LogP contribution in [-0.4, -0.2) is 36.5 Å². The molecule has 0 unspecified atom stereocenters. The highest BCUT2D eigenvalue weighted by Gasteiger charge is 2.04. The average molecular weight is 345 g/mol. The average Bonchev–Trinajstić information content (AvgIpc) is 2.69. The molecule has 19 heavy (non-hydrogen) atoms. The van der Waals surface area contributed by atoms with Crippen LogP contribution in [0.2, 0.25) is 0 Å². The van der Waals surface area contributed by atoms with E-state index in [1.165, 1.54) is 0 Å². The van der Waals surface area contributed by atoms with Crippen LogP contribution in [0.5, 0.6) is 0 Å². The number of aromatic nitrogens is 2. The van der Waals surface area contributed by atoms with Crippen LogP contribution in [-0.2, 0) is 16.0 Å². The first-order valence-electron chi connectivity index (χ1n) is 6.17. The second-order valence-electron chi connectivity index (χ2n) is 4.20. The minimum Gasteiger partial charge on any atom is -0.382 e. The maximum Gasteiger partial charge on any atom is 0.178 e. The highest BCUT2D eigenvalue weighted by molar-refractivity contribution is 9.10. The van der Waals surface area contributed by atoms with Crippen molar-refractivity contribution in [3.05, 3.63) is 27.4 Å². The van der Waals surface area contributed by atoms with Crippen molar-refractivity contribution in [3.63, 3.8) is 0 Å². The lowest BCUT2D eigenvalue weighted by molar-refractivity contribution is 0.0681. The molecule has 0 fully saturated rings. The smallest absolute Gasteiger partial charge is 0.178 e. The van der Waals surface area contributed by atoms with E-state index in [-0.39, 0.29) is 0 Å². The molecule has 0 aliphatic heterocycles. The standard InChI is InChI=1S/C13H17BrN2O2S/c1-17-7-8-18-6-2-5-16-12-4-3-10(14)9-11(12)15-13(16)19/h3-4,9H,2,5-8H2,1H3,(H,15,19). The molecule has 0 saturated heterocycles. The van der Waals surface area contributed by atoms with Crippen molar-refractivity contribution in [3.8, 4) is 0 Å². The van der Waals surface area contributed by atoms with E-state index in [1.54, 1.807) is 7.11 Å². The highest BCUT2D eigenvalue weighted by Crippen LogP contribution is 2.19. The Kier molecular flexibility index (Phi) is 5.57. The highest BCUT2D eigenvalue weighted by atomic mass is 79.9. The molecule has 4 nitrogen and oxygen atoms in total. The molecule has 2 aromatic rings. The zero-order valence-electron chi connectivity index (χ0n) is 10.8. The van der Waals surface area contributed by atoms with E-state index in [1.807, 2.05) is 12.1 Å². The fourth-order valence-corrected chi connectivity index (χ4v) is 2.59. The van der Waals surface area contributed by atoms with E-state index in [0.717, 1.165) is 33.2 Å². The summed E-state index contributed by atoms with van der Waals surface area (Å²) in [5, 5.41) is 0. The number of halogens is 1. The Morgan fingerprint density at radius 1 is 1.32 bits per heavy atom. The van der Waals surface area contributed by atoms with Crippen LogP contribution in [0, 0.1) is 4.77 Å². The molecule has 0 aliphatic carbocycles. The van der Waals surface area contributed by atoms with Crippen molar-refractivity contribution in [2.24, 2.45) is 0 Å². The number of benzene rings is 1. The third-order valence-corrected chi connectivity index (χ3v) is 3.65. The van der Waals surface area contributed by atoms with Gasteiger partial charge in [-0.2, -0.15) is 0 Å². The van der Waals surface area contributed by atoms with Gasteiger partial charge in [0.25, 0.3) is 0 Å². The van der Waals surface area contributed by atoms with Crippen LogP contribution in [0.15, 0.2) is 22.7 Å². The SMILES string of the molecule is COCCOCCCn1c(=S)[nH]c2cc(Br)ccc21. The van der Waals surface area contributed by atoms with E-state index >= 15 is 0 Å². The van der Waals surface area contributed by atoms with Crippen LogP contribution >= 0.6 is 28.1 Å². The van der Waals surface area contributed by atoms with Gasteiger partial charge < -0.3 is 19.0 Å². The minimum atomic E-state index is 0.639. The lowest BCUT2D eigenvalue weighted by Crippen LogP contribution is -2.06. The monoisotopic (exact) mass is 344 g/mol. The molecule has 104 valence electrons. The van der Waals surface area contributed by atoms with Gasteiger partial charge in [0, 0.05) is 24.7 Å². The quantitative estimate of drug-likeness (QED) is 0.617. The Balaban J connectivity index is 1.97. The van der Waals surface area contributed by atoms with Gasteiger partial charge in [-0.05, 0) is 36.8 Å². The van der Waals surface area contributed by atoms with Gasteiger partial charge in [-0.3, -0.25) is 0 Å². The maximum absolute atomic E-state index is 5.45. The largest absolute Gasteiger partial charge is 0.382 e. The number of hydrogen-bond donors (Lipinski definition) is 1. The lowest BCUT2D eigenvalue weighted by atomic mass is 10.3. The Morgan fingerprint density at radius 3 is 2.95 bits per heavy atom. The number of hydrogen-bond acceptors (Lipinski definition) is 3. The predicted octanol–water partition coefficient (Wildman–Crippen LogP) is 3.51. The van der Waals surface area contributed by atoms with Gasteiger partial charge >= 0.3 is 0 Å². The molecule has 0 saturated carbocycles. The Hall–Kier alpha value is -0.690. The Morgan fingerprint density at radius 2 is 2.16 bits per heavy atom. The summed E-state index contributed by atoms with van der Waals surface area (Å²) >= 11 is 8.81. The van der Waals surface area contributed by atoms with Gasteiger partial charge in [-0.1, -0.05) is 15.9 Å². The number of aryl methyl sites for hydroxylation is 1. The van der Waals surface area contributed by atoms with Crippen LogP contribution in [0.3, 0.4) is 0 Å². The third-order valence-electron chi connectivity index (χ3n) is 2.84. The van der Waals surface area contributed by atoms with Crippen LogP contribution in [0.1, 0.15) is 6.42 Å². The molecule has 6 heteroatoms. The number of H-pyrrole nitrogens is 1. The fraction of sp³-hybridized carbons (Fsp3) is 0.462. The van der Waals surface area contributed by atoms with Crippen molar-refractivity contribution < 1.29 is 9.47 Å². The molecular weight excluding hydrogens is 328 g/mol. The number of fused-ring (bicyclic) bond motifs is 1. The van der Waals surface area contributed by atoms with Gasteiger partial charge in [0.05, 0.1) is 24.2 Å². The molecule has 0 radical (unpaired) electrons. The zero-order chi connectivity index (χ0) is 13.7. The van der Waals surface area contributed by atoms with Crippen molar-refractivity contribution in [1.82, 2.24) is 9.55 Å². The van der Waals surface area contributed by atoms with Crippen molar-refractivity contribution in [2.75, 3.05) is 26.9 Å². The first-order chi connectivity index (χ1) is 9.22. The number of nitrogens with one attached hydrogen (secondary N) is 1. The summed E-state index contributed by atoms with van der Waals surface area (Å²) in [6.07, 6.45) is 0.932. The van der Waals surface area contributed by atoms with E-state index < -0.39 is 0 Å². The van der Waals surface area contributed by atoms with E-state index in [4.69, 9.17) is 21.7 Å². The molecule has 2 rings (SSSR count). The lowest BCUT2D eigenvalue weighted by Gasteiger charge is -2.06. The molecule has 0 amide bonds. The first-order valence-corrected chi connectivity index (χ1v) is 7.37. The van der Waals surface area contributed by atoms with Crippen LogP contribution < -0.4 is 0 Å². The number of methoxy groups -OCH3 is 1. The minimum absolute atomic E-state index is 0.639. The summed E-state index contributed by atoms with van der Waals surface area (Å²) in [4.78, 5) is 3.22. The molecule has 1 N–H and O–H groups in total. The van der Waals surface area contributed by atoms with Gasteiger partial charge in [0.2, 0.25) is 0 Å². The molecule has 1 aromatic heterocycles. The normalized spacial score (nSPS) is 11.3. The van der Waals surface area contributed by atoms with Crippen molar-refractivity contribution in [2.45, 2.75) is 13.0 Å². The summed E-state index contributed by atoms with van der Waals surface area (Å²) in [5.74, 6) is 0. The topological polar surface area (TPSA) is 39.2 Å². The van der Waals surface area contributed by atoms with Crippen molar-refractivity contribution in [1.29, 1.82) is 0 Å². The van der Waals surface area contributed by atoms with Crippen molar-refractivity contribution >= 4 is 39.2 Å². The molecular formula is C13H17BrN2O2S. The Labute approximate surface area is 125 Å². The van der Waals surface area contributed by atoms with Crippen LogP contribution in [0.4, 0.5) is 0 Å². The summed E-state index contributed by atoms with van der Waals surface area (Å²) in [6, 6.07) is 6.13. The number of rotatable bonds is 7. The number of ether oxygens (including phenoxy) is 2. The molecule has 0 aliphatic rings. The molecule has 0 atom stereocenters. The summed E-state index contributed by atoms with van der Waals surface area (Å²) in [6.45, 7) is 2.85. The molecule has 1 aromatic carbocycles.